The van der Waals surface area contributed by atoms with Gasteiger partial charge in [0.2, 0.25) is 5.91 Å². The highest BCUT2D eigenvalue weighted by molar-refractivity contribution is 6.10. The quantitative estimate of drug-likeness (QED) is 0.716. The number of ether oxygens (including phenoxy) is 2. The van der Waals surface area contributed by atoms with Crippen LogP contribution in [0.2, 0.25) is 0 Å². The maximum Gasteiger partial charge on any atom is 0.269 e. The molecule has 2 aromatic carbocycles. The van der Waals surface area contributed by atoms with E-state index in [4.69, 9.17) is 9.47 Å². The van der Waals surface area contributed by atoms with Gasteiger partial charge in [-0.15, -0.1) is 0 Å². The van der Waals surface area contributed by atoms with Crippen molar-refractivity contribution in [2.75, 3.05) is 19.5 Å². The highest BCUT2D eigenvalue weighted by Gasteiger charge is 2.40. The zero-order chi connectivity index (χ0) is 20.4. The maximum absolute atomic E-state index is 13.3. The Morgan fingerprint density at radius 2 is 1.90 bits per heavy atom. The zero-order valence-corrected chi connectivity index (χ0v) is 16.2. The lowest BCUT2D eigenvalue weighted by Crippen LogP contribution is -2.39. The van der Waals surface area contributed by atoms with E-state index in [-0.39, 0.29) is 5.91 Å². The SMILES string of the molecule is COc1ccc(OC)c(C2C(C(=O)Nc3ccccc3)C(C)=Nc3nnnn32)c1. The number of anilines is 1. The van der Waals surface area contributed by atoms with Gasteiger partial charge in [0.05, 0.1) is 14.2 Å². The molecule has 1 aliphatic heterocycles. The summed E-state index contributed by atoms with van der Waals surface area (Å²) in [5.74, 6) is 0.712. The van der Waals surface area contributed by atoms with Gasteiger partial charge in [0.25, 0.3) is 5.95 Å². The molecule has 9 nitrogen and oxygen atoms in total. The Kier molecular flexibility index (Phi) is 4.94. The van der Waals surface area contributed by atoms with Gasteiger partial charge < -0.3 is 14.8 Å². The van der Waals surface area contributed by atoms with Gasteiger partial charge in [-0.05, 0) is 47.7 Å². The van der Waals surface area contributed by atoms with Crippen molar-refractivity contribution in [3.05, 3.63) is 54.1 Å². The third kappa shape index (κ3) is 3.42. The van der Waals surface area contributed by atoms with Crippen molar-refractivity contribution < 1.29 is 14.3 Å². The average molecular weight is 392 g/mol. The number of fused-ring (bicyclic) bond motifs is 1. The fraction of sp³-hybridized carbons (Fsp3) is 0.250. The molecule has 1 aliphatic rings. The second kappa shape index (κ2) is 7.70. The molecule has 1 N–H and O–H groups in total. The number of methoxy groups -OCH3 is 2. The molecular formula is C20H20N6O3. The van der Waals surface area contributed by atoms with Crippen LogP contribution in [0.5, 0.6) is 11.5 Å². The van der Waals surface area contributed by atoms with Crippen LogP contribution in [0.15, 0.2) is 53.5 Å². The van der Waals surface area contributed by atoms with E-state index in [1.807, 2.05) is 36.4 Å². The van der Waals surface area contributed by atoms with Gasteiger partial charge in [-0.1, -0.05) is 23.3 Å². The number of para-hydroxylation sites is 1. The predicted octanol–water partition coefficient (Wildman–Crippen LogP) is 2.64. The minimum atomic E-state index is -0.646. The summed E-state index contributed by atoms with van der Waals surface area (Å²) in [5.41, 5.74) is 2.03. The Morgan fingerprint density at radius 3 is 2.62 bits per heavy atom. The molecule has 2 heterocycles. The van der Waals surface area contributed by atoms with Crippen molar-refractivity contribution in [1.29, 1.82) is 0 Å². The molecule has 0 spiro atoms. The second-order valence-electron chi connectivity index (χ2n) is 6.56. The number of benzene rings is 2. The summed E-state index contributed by atoms with van der Waals surface area (Å²) in [5, 5.41) is 14.8. The van der Waals surface area contributed by atoms with Crippen LogP contribution in [0.3, 0.4) is 0 Å². The Hall–Kier alpha value is -3.75. The highest BCUT2D eigenvalue weighted by Crippen LogP contribution is 2.40. The maximum atomic E-state index is 13.3. The van der Waals surface area contributed by atoms with Crippen molar-refractivity contribution >= 4 is 23.3 Å². The van der Waals surface area contributed by atoms with Crippen LogP contribution < -0.4 is 14.8 Å². The van der Waals surface area contributed by atoms with Crippen LogP contribution in [-0.2, 0) is 4.79 Å². The third-order valence-electron chi connectivity index (χ3n) is 4.86. The van der Waals surface area contributed by atoms with Crippen LogP contribution >= 0.6 is 0 Å². The monoisotopic (exact) mass is 392 g/mol. The summed E-state index contributed by atoms with van der Waals surface area (Å²) in [6.07, 6.45) is 0. The number of hydrogen-bond acceptors (Lipinski definition) is 7. The van der Waals surface area contributed by atoms with Crippen molar-refractivity contribution in [2.45, 2.75) is 13.0 Å². The van der Waals surface area contributed by atoms with E-state index in [0.29, 0.717) is 28.8 Å². The van der Waals surface area contributed by atoms with E-state index in [0.717, 1.165) is 5.56 Å². The number of nitrogens with zero attached hydrogens (tertiary/aromatic N) is 5. The molecule has 148 valence electrons. The smallest absolute Gasteiger partial charge is 0.269 e. The summed E-state index contributed by atoms with van der Waals surface area (Å²) in [7, 11) is 3.16. The number of aromatic nitrogens is 4. The number of aliphatic imine (C=N–C) groups is 1. The van der Waals surface area contributed by atoms with Crippen LogP contribution in [0.25, 0.3) is 0 Å². The molecular weight excluding hydrogens is 372 g/mol. The van der Waals surface area contributed by atoms with Gasteiger partial charge in [0.1, 0.15) is 23.5 Å². The number of rotatable bonds is 5. The molecule has 4 rings (SSSR count). The van der Waals surface area contributed by atoms with E-state index >= 15 is 0 Å². The highest BCUT2D eigenvalue weighted by atomic mass is 16.5. The summed E-state index contributed by atoms with van der Waals surface area (Å²) in [4.78, 5) is 17.7. The second-order valence-corrected chi connectivity index (χ2v) is 6.56. The summed E-state index contributed by atoms with van der Waals surface area (Å²) in [6, 6.07) is 14.1. The number of hydrogen-bond donors (Lipinski definition) is 1. The van der Waals surface area contributed by atoms with E-state index in [9.17, 15) is 4.79 Å². The van der Waals surface area contributed by atoms with Gasteiger partial charge in [0.15, 0.2) is 0 Å². The van der Waals surface area contributed by atoms with Gasteiger partial charge in [-0.2, -0.15) is 0 Å². The Balaban J connectivity index is 1.82. The molecule has 0 saturated carbocycles. The molecule has 3 aromatic rings. The largest absolute Gasteiger partial charge is 0.497 e. The molecule has 2 unspecified atom stereocenters. The number of nitrogens with one attached hydrogen (secondary N) is 1. The van der Waals surface area contributed by atoms with Crippen molar-refractivity contribution in [3.63, 3.8) is 0 Å². The number of amides is 1. The minimum Gasteiger partial charge on any atom is -0.497 e. The van der Waals surface area contributed by atoms with Crippen LogP contribution in [0.1, 0.15) is 18.5 Å². The van der Waals surface area contributed by atoms with E-state index in [1.54, 1.807) is 38.0 Å². The molecule has 1 amide bonds. The first kappa shape index (κ1) is 18.6. The number of carbonyl (C=O) groups excluding carboxylic acids is 1. The fourth-order valence-electron chi connectivity index (χ4n) is 3.50. The summed E-state index contributed by atoms with van der Waals surface area (Å²) in [6.45, 7) is 1.80. The Labute approximate surface area is 167 Å². The van der Waals surface area contributed by atoms with Crippen molar-refractivity contribution in [2.24, 2.45) is 10.9 Å². The van der Waals surface area contributed by atoms with E-state index in [2.05, 4.69) is 25.8 Å². The molecule has 0 bridgehead atoms. The molecule has 0 fully saturated rings. The third-order valence-corrected chi connectivity index (χ3v) is 4.86. The normalized spacial score (nSPS) is 17.8. The lowest BCUT2D eigenvalue weighted by Gasteiger charge is -2.30. The van der Waals surface area contributed by atoms with Gasteiger partial charge in [-0.25, -0.2) is 9.67 Å². The first-order valence-corrected chi connectivity index (χ1v) is 9.03. The lowest BCUT2D eigenvalue weighted by atomic mass is 9.87. The van der Waals surface area contributed by atoms with Crippen molar-refractivity contribution in [3.8, 4) is 11.5 Å². The number of tetrazole rings is 1. The van der Waals surface area contributed by atoms with Crippen molar-refractivity contribution in [1.82, 2.24) is 20.2 Å². The zero-order valence-electron chi connectivity index (χ0n) is 16.2. The molecule has 2 atom stereocenters. The number of carbonyl (C=O) groups is 1. The Bertz CT molecular complexity index is 1060. The standard InChI is InChI=1S/C20H20N6O3/c1-12-17(19(27)22-13-7-5-4-6-8-13)18(26-20(21-12)23-24-25-26)15-11-14(28-2)9-10-16(15)29-3/h4-11,17-18H,1-3H3,(H,22,27). The lowest BCUT2D eigenvalue weighted by molar-refractivity contribution is -0.118. The molecule has 9 heteroatoms. The average Bonchev–Trinajstić information content (AvgIpc) is 3.20. The molecule has 1 aromatic heterocycles. The first-order chi connectivity index (χ1) is 14.1. The summed E-state index contributed by atoms with van der Waals surface area (Å²) >= 11 is 0. The van der Waals surface area contributed by atoms with Gasteiger partial charge in [0, 0.05) is 17.0 Å². The van der Waals surface area contributed by atoms with Crippen LogP contribution in [-0.4, -0.2) is 46.0 Å². The van der Waals surface area contributed by atoms with Gasteiger partial charge >= 0.3 is 0 Å². The molecule has 0 aliphatic carbocycles. The minimum absolute atomic E-state index is 0.214. The topological polar surface area (TPSA) is 104 Å². The van der Waals surface area contributed by atoms with Gasteiger partial charge in [-0.3, -0.25) is 4.79 Å². The Morgan fingerprint density at radius 1 is 1.10 bits per heavy atom. The van der Waals surface area contributed by atoms with E-state index < -0.39 is 12.0 Å². The van der Waals surface area contributed by atoms with Crippen LogP contribution in [0, 0.1) is 5.92 Å². The molecule has 0 radical (unpaired) electrons. The fourth-order valence-corrected chi connectivity index (χ4v) is 3.50. The molecule has 29 heavy (non-hydrogen) atoms. The molecule has 0 saturated heterocycles. The first-order valence-electron chi connectivity index (χ1n) is 9.03. The van der Waals surface area contributed by atoms with E-state index in [1.165, 1.54) is 0 Å². The predicted molar refractivity (Wildman–Crippen MR) is 107 cm³/mol. The summed E-state index contributed by atoms with van der Waals surface area (Å²) < 4.78 is 12.5. The van der Waals surface area contributed by atoms with Crippen LogP contribution in [0.4, 0.5) is 11.6 Å².